The van der Waals surface area contributed by atoms with E-state index in [-0.39, 0.29) is 17.8 Å². The molecule has 0 aliphatic heterocycles. The highest BCUT2D eigenvalue weighted by molar-refractivity contribution is 5.80. The molecule has 3 rings (SSSR count). The van der Waals surface area contributed by atoms with E-state index in [4.69, 9.17) is 4.74 Å². The van der Waals surface area contributed by atoms with Crippen LogP contribution in [0, 0.1) is 18.7 Å². The third kappa shape index (κ3) is 4.25. The van der Waals surface area contributed by atoms with Crippen LogP contribution in [-0.4, -0.2) is 28.4 Å². The Labute approximate surface area is 147 Å². The number of nitrogens with zero attached hydrogens (tertiary/aromatic N) is 2. The zero-order chi connectivity index (χ0) is 18.0. The first-order valence-electron chi connectivity index (χ1n) is 8.68. The van der Waals surface area contributed by atoms with E-state index in [9.17, 15) is 9.18 Å². The molecule has 0 bridgehead atoms. The first-order valence-corrected chi connectivity index (χ1v) is 8.68. The first-order chi connectivity index (χ1) is 12.0. The second-order valence-electron chi connectivity index (χ2n) is 6.72. The Morgan fingerprint density at radius 3 is 2.68 bits per heavy atom. The number of carbonyl (C=O) groups is 1. The molecule has 1 amide bonds. The average molecular weight is 345 g/mol. The zero-order valence-electron chi connectivity index (χ0n) is 14.8. The third-order valence-corrected chi connectivity index (χ3v) is 4.59. The molecule has 0 unspecified atom stereocenters. The molecule has 1 aliphatic carbocycles. The normalized spacial score (nSPS) is 16.5. The molecule has 5 nitrogen and oxygen atoms in total. The van der Waals surface area contributed by atoms with Gasteiger partial charge in [-0.25, -0.2) is 9.07 Å². The van der Waals surface area contributed by atoms with Crippen LogP contribution in [0.3, 0.4) is 0 Å². The maximum Gasteiger partial charge on any atom is 0.249 e. The molecule has 1 saturated carbocycles. The lowest BCUT2D eigenvalue weighted by Crippen LogP contribution is -2.36. The number of aromatic nitrogens is 2. The maximum absolute atomic E-state index is 13.1. The topological polar surface area (TPSA) is 56.1 Å². The van der Waals surface area contributed by atoms with E-state index in [1.165, 1.54) is 25.0 Å². The number of nitrogens with one attached hydrogen (secondary N) is 1. The van der Waals surface area contributed by atoms with Crippen LogP contribution in [0.5, 0.6) is 0 Å². The van der Waals surface area contributed by atoms with Gasteiger partial charge in [-0.05, 0) is 63.8 Å². The van der Waals surface area contributed by atoms with Crippen LogP contribution in [0.4, 0.5) is 4.39 Å². The number of ether oxygens (including phenoxy) is 1. The molecule has 1 aromatic heterocycles. The smallest absolute Gasteiger partial charge is 0.249 e. The van der Waals surface area contributed by atoms with Gasteiger partial charge in [0.2, 0.25) is 5.91 Å². The molecular formula is C19H24FN3O2. The summed E-state index contributed by atoms with van der Waals surface area (Å²) in [6.07, 6.45) is 3.67. The van der Waals surface area contributed by atoms with Gasteiger partial charge in [0.05, 0.1) is 24.5 Å². The van der Waals surface area contributed by atoms with Gasteiger partial charge in [-0.2, -0.15) is 5.10 Å². The molecule has 1 N–H and O–H groups in total. The zero-order valence-corrected chi connectivity index (χ0v) is 14.8. The number of rotatable bonds is 7. The minimum atomic E-state index is -0.463. The number of amides is 1. The van der Waals surface area contributed by atoms with Crippen LogP contribution in [-0.2, 0) is 9.53 Å². The van der Waals surface area contributed by atoms with E-state index in [1.807, 2.05) is 13.8 Å². The summed E-state index contributed by atoms with van der Waals surface area (Å²) in [6.45, 7) is 6.29. The minimum absolute atomic E-state index is 0.123. The highest BCUT2D eigenvalue weighted by Gasteiger charge is 2.25. The van der Waals surface area contributed by atoms with Crippen LogP contribution in [0.2, 0.25) is 0 Å². The van der Waals surface area contributed by atoms with Gasteiger partial charge in [-0.15, -0.1) is 0 Å². The van der Waals surface area contributed by atoms with Gasteiger partial charge in [-0.1, -0.05) is 0 Å². The Morgan fingerprint density at radius 1 is 1.36 bits per heavy atom. The number of benzene rings is 1. The summed E-state index contributed by atoms with van der Waals surface area (Å²) in [4.78, 5) is 12.3. The third-order valence-electron chi connectivity index (χ3n) is 4.59. The fourth-order valence-corrected chi connectivity index (χ4v) is 2.74. The first kappa shape index (κ1) is 17.6. The van der Waals surface area contributed by atoms with Crippen molar-refractivity contribution in [3.05, 3.63) is 47.5 Å². The lowest BCUT2D eigenvalue weighted by Gasteiger charge is -2.18. The molecule has 1 heterocycles. The fourth-order valence-electron chi connectivity index (χ4n) is 2.74. The van der Waals surface area contributed by atoms with Gasteiger partial charge in [0.25, 0.3) is 0 Å². The maximum atomic E-state index is 13.1. The van der Waals surface area contributed by atoms with Gasteiger partial charge in [0, 0.05) is 11.3 Å². The minimum Gasteiger partial charge on any atom is -0.368 e. The molecule has 2 aromatic rings. The van der Waals surface area contributed by atoms with E-state index < -0.39 is 6.10 Å². The Balaban J connectivity index is 1.64. The van der Waals surface area contributed by atoms with E-state index in [0.717, 1.165) is 16.9 Å². The van der Waals surface area contributed by atoms with Crippen molar-refractivity contribution < 1.29 is 13.9 Å². The summed E-state index contributed by atoms with van der Waals surface area (Å²) in [6, 6.07) is 5.97. The molecule has 0 spiro atoms. The second-order valence-corrected chi connectivity index (χ2v) is 6.72. The number of hydrogen-bond acceptors (Lipinski definition) is 3. The lowest BCUT2D eigenvalue weighted by molar-refractivity contribution is -0.132. The standard InChI is InChI=1S/C19H24FN3O2/c1-12(22-19(24)14(3)25-11-15-4-5-15)18-10-21-23(13(18)2)17-8-6-16(20)7-9-17/h6-10,12,14-15H,4-5,11H2,1-3H3,(H,22,24)/t12-,14+/m1/s1. The van der Waals surface area contributed by atoms with Crippen LogP contribution < -0.4 is 5.32 Å². The molecule has 1 aliphatic rings. The summed E-state index contributed by atoms with van der Waals surface area (Å²) < 4.78 is 20.4. The van der Waals surface area contributed by atoms with E-state index in [1.54, 1.807) is 29.9 Å². The van der Waals surface area contributed by atoms with E-state index in [0.29, 0.717) is 12.5 Å². The summed E-state index contributed by atoms with van der Waals surface area (Å²) in [5, 5.41) is 7.35. The van der Waals surface area contributed by atoms with Gasteiger partial charge < -0.3 is 10.1 Å². The monoisotopic (exact) mass is 345 g/mol. The van der Waals surface area contributed by atoms with Crippen LogP contribution in [0.25, 0.3) is 5.69 Å². The van der Waals surface area contributed by atoms with E-state index >= 15 is 0 Å². The lowest BCUT2D eigenvalue weighted by atomic mass is 10.1. The Bertz CT molecular complexity index is 738. The van der Waals surface area contributed by atoms with Crippen molar-refractivity contribution in [2.24, 2.45) is 5.92 Å². The summed E-state index contributed by atoms with van der Waals surface area (Å²) in [7, 11) is 0. The van der Waals surface area contributed by atoms with E-state index in [2.05, 4.69) is 10.4 Å². The molecule has 6 heteroatoms. The average Bonchev–Trinajstić information content (AvgIpc) is 3.34. The van der Waals surface area contributed by atoms with Crippen molar-refractivity contribution >= 4 is 5.91 Å². The predicted molar refractivity (Wildman–Crippen MR) is 93.0 cm³/mol. The Morgan fingerprint density at radius 2 is 2.04 bits per heavy atom. The van der Waals surface area contributed by atoms with Gasteiger partial charge in [0.15, 0.2) is 0 Å². The molecular weight excluding hydrogens is 321 g/mol. The van der Waals surface area contributed by atoms with Crippen LogP contribution in [0.15, 0.2) is 30.5 Å². The van der Waals surface area contributed by atoms with Gasteiger partial charge in [-0.3, -0.25) is 4.79 Å². The Kier molecular flexibility index (Phi) is 5.18. The summed E-state index contributed by atoms with van der Waals surface area (Å²) in [5.41, 5.74) is 2.61. The number of hydrogen-bond donors (Lipinski definition) is 1. The largest absolute Gasteiger partial charge is 0.368 e. The van der Waals surface area contributed by atoms with Crippen LogP contribution in [0.1, 0.15) is 44.0 Å². The Hall–Kier alpha value is -2.21. The van der Waals surface area contributed by atoms with Crippen molar-refractivity contribution in [3.8, 4) is 5.69 Å². The molecule has 0 radical (unpaired) electrons. The SMILES string of the molecule is Cc1c([C@@H](C)NC(=O)[C@H](C)OCC2CC2)cnn1-c1ccc(F)cc1. The fraction of sp³-hybridized carbons (Fsp3) is 0.474. The van der Waals surface area contributed by atoms with Gasteiger partial charge in [0.1, 0.15) is 11.9 Å². The van der Waals surface area contributed by atoms with Crippen molar-refractivity contribution in [1.29, 1.82) is 0 Å². The van der Waals surface area contributed by atoms with Gasteiger partial charge >= 0.3 is 0 Å². The van der Waals surface area contributed by atoms with Crippen LogP contribution >= 0.6 is 0 Å². The highest BCUT2D eigenvalue weighted by atomic mass is 19.1. The molecule has 134 valence electrons. The number of carbonyl (C=O) groups excluding carboxylic acids is 1. The second kappa shape index (κ2) is 7.35. The molecule has 2 atom stereocenters. The summed E-state index contributed by atoms with van der Waals surface area (Å²) >= 11 is 0. The molecule has 25 heavy (non-hydrogen) atoms. The van der Waals surface area contributed by atoms with Crippen molar-refractivity contribution in [2.75, 3.05) is 6.61 Å². The van der Waals surface area contributed by atoms with Crippen molar-refractivity contribution in [1.82, 2.24) is 15.1 Å². The number of halogens is 1. The van der Waals surface area contributed by atoms with Crippen molar-refractivity contribution in [2.45, 2.75) is 45.8 Å². The molecule has 0 saturated heterocycles. The summed E-state index contributed by atoms with van der Waals surface area (Å²) in [5.74, 6) is 0.223. The molecule has 1 aromatic carbocycles. The highest BCUT2D eigenvalue weighted by Crippen LogP contribution is 2.29. The predicted octanol–water partition coefficient (Wildman–Crippen LogP) is 3.31. The molecule has 1 fully saturated rings. The quantitative estimate of drug-likeness (QED) is 0.837. The van der Waals surface area contributed by atoms with Crippen molar-refractivity contribution in [3.63, 3.8) is 0 Å².